The van der Waals surface area contributed by atoms with Crippen molar-refractivity contribution in [3.05, 3.63) is 64.6 Å². The molecule has 0 saturated carbocycles. The zero-order chi connectivity index (χ0) is 21.8. The van der Waals surface area contributed by atoms with Gasteiger partial charge in [0.1, 0.15) is 6.54 Å². The predicted octanol–water partition coefficient (Wildman–Crippen LogP) is 2.53. The molecule has 0 radical (unpaired) electrons. The highest BCUT2D eigenvalue weighted by molar-refractivity contribution is 8.18. The molecule has 4 amide bonds. The third-order valence-electron chi connectivity index (χ3n) is 4.35. The van der Waals surface area contributed by atoms with Crippen molar-refractivity contribution in [1.29, 1.82) is 0 Å². The summed E-state index contributed by atoms with van der Waals surface area (Å²) in [5, 5.41) is 1.99. The molecule has 3 N–H and O–H groups in total. The minimum atomic E-state index is -0.694. The van der Waals surface area contributed by atoms with Gasteiger partial charge >= 0.3 is 0 Å². The first-order valence-corrected chi connectivity index (χ1v) is 9.79. The lowest BCUT2D eigenvalue weighted by molar-refractivity contribution is -0.127. The molecule has 0 unspecified atom stereocenters. The van der Waals surface area contributed by atoms with Crippen molar-refractivity contribution in [2.75, 3.05) is 30.9 Å². The van der Waals surface area contributed by atoms with Gasteiger partial charge in [-0.25, -0.2) is 0 Å². The van der Waals surface area contributed by atoms with Crippen molar-refractivity contribution in [3.8, 4) is 0 Å². The van der Waals surface area contributed by atoms with Gasteiger partial charge in [-0.3, -0.25) is 24.1 Å². The third-order valence-corrected chi connectivity index (χ3v) is 5.26. The second-order valence-corrected chi connectivity index (χ2v) is 7.71. The number of hydrogen-bond acceptors (Lipinski definition) is 6. The smallest absolute Gasteiger partial charge is 0.294 e. The number of carbonyl (C=O) groups is 4. The molecule has 3 rings (SSSR count). The van der Waals surface area contributed by atoms with Gasteiger partial charge in [-0.2, -0.15) is 0 Å². The second-order valence-electron chi connectivity index (χ2n) is 6.71. The Morgan fingerprint density at radius 1 is 1.10 bits per heavy atom. The van der Waals surface area contributed by atoms with Crippen molar-refractivity contribution in [1.82, 2.24) is 4.90 Å². The fraction of sp³-hybridized carbons (Fsp3) is 0.143. The fourth-order valence-electron chi connectivity index (χ4n) is 2.80. The van der Waals surface area contributed by atoms with Gasteiger partial charge in [-0.05, 0) is 47.7 Å². The van der Waals surface area contributed by atoms with Crippen molar-refractivity contribution in [2.45, 2.75) is 0 Å². The molecule has 8 nitrogen and oxygen atoms in total. The van der Waals surface area contributed by atoms with E-state index in [9.17, 15) is 19.2 Å². The first-order chi connectivity index (χ1) is 14.3. The van der Waals surface area contributed by atoms with Gasteiger partial charge in [0, 0.05) is 19.8 Å². The Balaban J connectivity index is 1.70. The summed E-state index contributed by atoms with van der Waals surface area (Å²) in [4.78, 5) is 51.8. The van der Waals surface area contributed by atoms with Gasteiger partial charge in [0.2, 0.25) is 5.91 Å². The summed E-state index contributed by atoms with van der Waals surface area (Å²) in [6.07, 6.45) is 1.62. The highest BCUT2D eigenvalue weighted by Gasteiger charge is 2.36. The molecule has 0 atom stereocenters. The molecule has 1 heterocycles. The number of benzene rings is 2. The number of imide groups is 1. The number of carbonyl (C=O) groups excluding carboxylic acids is 4. The number of rotatable bonds is 6. The lowest BCUT2D eigenvalue weighted by Gasteiger charge is -2.13. The molecule has 1 aliphatic rings. The van der Waals surface area contributed by atoms with Crippen LogP contribution in [0.2, 0.25) is 0 Å². The summed E-state index contributed by atoms with van der Waals surface area (Å²) in [5.41, 5.74) is 7.43. The molecule has 154 valence electrons. The Hall–Kier alpha value is -3.59. The Kier molecular flexibility index (Phi) is 6.22. The maximum Gasteiger partial charge on any atom is 0.294 e. The van der Waals surface area contributed by atoms with Crippen LogP contribution in [-0.4, -0.2) is 48.5 Å². The number of amides is 4. The summed E-state index contributed by atoms with van der Waals surface area (Å²) < 4.78 is 0. The zero-order valence-corrected chi connectivity index (χ0v) is 17.2. The minimum Gasteiger partial charge on any atom is -0.378 e. The first-order valence-electron chi connectivity index (χ1n) is 8.97. The standard InChI is InChI=1S/C21H20N4O4S/c1-24(2)14-9-7-13(8-10-14)11-17-20(28)25(21(29)30-17)12-18(26)23-16-6-4-3-5-15(16)19(22)27/h3-11H,12H2,1-2H3,(H2,22,27)(H,23,26)/b17-11+. The van der Waals surface area contributed by atoms with E-state index in [-0.39, 0.29) is 16.2 Å². The summed E-state index contributed by atoms with van der Waals surface area (Å²) in [6.45, 7) is -0.464. The van der Waals surface area contributed by atoms with E-state index in [4.69, 9.17) is 5.73 Å². The lowest BCUT2D eigenvalue weighted by Crippen LogP contribution is -2.36. The molecule has 1 saturated heterocycles. The van der Waals surface area contributed by atoms with Crippen LogP contribution < -0.4 is 16.0 Å². The number of anilines is 2. The molecule has 2 aromatic carbocycles. The van der Waals surface area contributed by atoms with E-state index >= 15 is 0 Å². The van der Waals surface area contributed by atoms with E-state index in [1.807, 2.05) is 43.3 Å². The van der Waals surface area contributed by atoms with E-state index in [0.29, 0.717) is 0 Å². The van der Waals surface area contributed by atoms with Crippen LogP contribution in [0.1, 0.15) is 15.9 Å². The van der Waals surface area contributed by atoms with Crippen LogP contribution in [-0.2, 0) is 9.59 Å². The number of para-hydroxylation sites is 1. The molecule has 30 heavy (non-hydrogen) atoms. The SMILES string of the molecule is CN(C)c1ccc(/C=C2/SC(=O)N(CC(=O)Nc3ccccc3C(N)=O)C2=O)cc1. The zero-order valence-electron chi connectivity index (χ0n) is 16.4. The molecule has 1 fully saturated rings. The first kappa shape index (κ1) is 21.1. The van der Waals surface area contributed by atoms with Crippen molar-refractivity contribution >= 4 is 52.2 Å². The topological polar surface area (TPSA) is 113 Å². The van der Waals surface area contributed by atoms with Crippen LogP contribution in [0.3, 0.4) is 0 Å². The number of primary amides is 1. The molecule has 2 aromatic rings. The molecular weight excluding hydrogens is 404 g/mol. The molecule has 0 aliphatic carbocycles. The monoisotopic (exact) mass is 424 g/mol. The number of hydrogen-bond donors (Lipinski definition) is 2. The lowest BCUT2D eigenvalue weighted by atomic mass is 10.1. The van der Waals surface area contributed by atoms with E-state index in [2.05, 4.69) is 5.32 Å². The second kappa shape index (κ2) is 8.83. The summed E-state index contributed by atoms with van der Waals surface area (Å²) >= 11 is 0.777. The Bertz CT molecular complexity index is 1050. The van der Waals surface area contributed by atoms with Crippen molar-refractivity contribution in [2.24, 2.45) is 5.73 Å². The van der Waals surface area contributed by atoms with Crippen molar-refractivity contribution in [3.63, 3.8) is 0 Å². The van der Waals surface area contributed by atoms with Crippen LogP contribution in [0, 0.1) is 0 Å². The van der Waals surface area contributed by atoms with E-state index < -0.39 is 29.5 Å². The van der Waals surface area contributed by atoms with E-state index in [1.165, 1.54) is 12.1 Å². The average Bonchev–Trinajstić information content (AvgIpc) is 2.96. The highest BCUT2D eigenvalue weighted by atomic mass is 32.2. The molecule has 1 aliphatic heterocycles. The van der Waals surface area contributed by atoms with Gasteiger partial charge in [-0.15, -0.1) is 0 Å². The molecule has 0 spiro atoms. The Morgan fingerprint density at radius 2 is 1.77 bits per heavy atom. The summed E-state index contributed by atoms with van der Waals surface area (Å²) in [7, 11) is 3.85. The number of thioether (sulfide) groups is 1. The van der Waals surface area contributed by atoms with Gasteiger partial charge in [0.05, 0.1) is 16.2 Å². The number of nitrogens with one attached hydrogen (secondary N) is 1. The van der Waals surface area contributed by atoms with Gasteiger partial charge in [0.15, 0.2) is 0 Å². The van der Waals surface area contributed by atoms with Crippen LogP contribution in [0.15, 0.2) is 53.4 Å². The maximum atomic E-state index is 12.6. The molecule has 9 heteroatoms. The molecule has 0 bridgehead atoms. The third kappa shape index (κ3) is 4.69. The van der Waals surface area contributed by atoms with Crippen LogP contribution in [0.4, 0.5) is 16.2 Å². The Labute approximate surface area is 177 Å². The van der Waals surface area contributed by atoms with Crippen LogP contribution in [0.5, 0.6) is 0 Å². The summed E-state index contributed by atoms with van der Waals surface area (Å²) in [6, 6.07) is 13.7. The van der Waals surface area contributed by atoms with Gasteiger partial charge < -0.3 is 16.0 Å². The number of nitrogens with zero attached hydrogens (tertiary/aromatic N) is 2. The molecular formula is C21H20N4O4S. The number of nitrogens with two attached hydrogens (primary N) is 1. The van der Waals surface area contributed by atoms with Gasteiger partial charge in [0.25, 0.3) is 17.1 Å². The van der Waals surface area contributed by atoms with Crippen LogP contribution in [0.25, 0.3) is 6.08 Å². The minimum absolute atomic E-state index is 0.140. The molecule has 0 aromatic heterocycles. The predicted molar refractivity (Wildman–Crippen MR) is 117 cm³/mol. The maximum absolute atomic E-state index is 12.6. The fourth-order valence-corrected chi connectivity index (χ4v) is 3.63. The van der Waals surface area contributed by atoms with E-state index in [1.54, 1.807) is 18.2 Å². The van der Waals surface area contributed by atoms with E-state index in [0.717, 1.165) is 27.9 Å². The quantitative estimate of drug-likeness (QED) is 0.689. The van der Waals surface area contributed by atoms with Crippen molar-refractivity contribution < 1.29 is 19.2 Å². The normalized spacial score (nSPS) is 14.9. The van der Waals surface area contributed by atoms with Gasteiger partial charge in [-0.1, -0.05) is 24.3 Å². The average molecular weight is 424 g/mol. The largest absolute Gasteiger partial charge is 0.378 e. The highest BCUT2D eigenvalue weighted by Crippen LogP contribution is 2.32. The van der Waals surface area contributed by atoms with Crippen LogP contribution >= 0.6 is 11.8 Å². The Morgan fingerprint density at radius 3 is 2.40 bits per heavy atom. The summed E-state index contributed by atoms with van der Waals surface area (Å²) in [5.74, 6) is -1.84.